The Balaban J connectivity index is 1.30. The molecule has 1 atom stereocenters. The Morgan fingerprint density at radius 1 is 0.968 bits per heavy atom. The molecule has 5 rings (SSSR count). The van der Waals surface area contributed by atoms with E-state index in [1.54, 1.807) is 46.2 Å². The Hall–Kier alpha value is -3.14. The molecule has 0 bridgehead atoms. The van der Waals surface area contributed by atoms with Crippen molar-refractivity contribution < 1.29 is 22.4 Å². The van der Waals surface area contributed by atoms with Crippen LogP contribution in [-0.4, -0.2) is 79.5 Å². The average Bonchev–Trinajstić information content (AvgIpc) is 3.53. The highest BCUT2D eigenvalue weighted by Gasteiger charge is 2.41. The van der Waals surface area contributed by atoms with Crippen molar-refractivity contribution in [3.05, 3.63) is 54.0 Å². The first kappa shape index (κ1) is 19.8. The van der Waals surface area contributed by atoms with E-state index in [0.29, 0.717) is 56.3 Å². The van der Waals surface area contributed by atoms with E-state index in [4.69, 9.17) is 4.42 Å². The van der Waals surface area contributed by atoms with Crippen molar-refractivity contribution in [3.63, 3.8) is 0 Å². The minimum Gasteiger partial charge on any atom is -0.459 e. The number of nitrogens with zero attached hydrogens (tertiary/aromatic N) is 4. The summed E-state index contributed by atoms with van der Waals surface area (Å²) in [5.41, 5.74) is 0.552. The van der Waals surface area contributed by atoms with Gasteiger partial charge in [-0.25, -0.2) is 0 Å². The summed E-state index contributed by atoms with van der Waals surface area (Å²) in [6, 6.07) is 9.58. The molecule has 0 radical (unpaired) electrons. The van der Waals surface area contributed by atoms with Gasteiger partial charge in [0.25, 0.3) is 15.9 Å². The van der Waals surface area contributed by atoms with Crippen LogP contribution >= 0.6 is 0 Å². The summed E-state index contributed by atoms with van der Waals surface area (Å²) in [5, 5.41) is 0. The Bertz CT molecular complexity index is 1150. The molecule has 1 aromatic carbocycles. The maximum absolute atomic E-state index is 13.3. The van der Waals surface area contributed by atoms with E-state index in [2.05, 4.69) is 4.40 Å². The predicted molar refractivity (Wildman–Crippen MR) is 111 cm³/mol. The number of likely N-dealkylation sites (tertiary alicyclic amines) is 1. The van der Waals surface area contributed by atoms with Gasteiger partial charge < -0.3 is 19.1 Å². The SMILES string of the molecule is O=C(c1ccco1)N1CCN(C(=O)[C@H]2CCCN2C2=NS(=O)(=O)c3ccccc32)CC1. The number of amidine groups is 1. The van der Waals surface area contributed by atoms with E-state index >= 15 is 0 Å². The zero-order valence-electron chi connectivity index (χ0n) is 16.8. The molecule has 0 saturated carbocycles. The van der Waals surface area contributed by atoms with Gasteiger partial charge >= 0.3 is 0 Å². The van der Waals surface area contributed by atoms with Gasteiger partial charge in [-0.15, -0.1) is 4.40 Å². The third kappa shape index (κ3) is 3.40. The molecule has 10 heteroatoms. The van der Waals surface area contributed by atoms with Crippen LogP contribution in [0.5, 0.6) is 0 Å². The summed E-state index contributed by atoms with van der Waals surface area (Å²) in [7, 11) is -3.74. The first-order valence-electron chi connectivity index (χ1n) is 10.3. The number of piperazine rings is 1. The summed E-state index contributed by atoms with van der Waals surface area (Å²) >= 11 is 0. The summed E-state index contributed by atoms with van der Waals surface area (Å²) in [6.45, 7) is 2.29. The summed E-state index contributed by atoms with van der Waals surface area (Å²) in [5.74, 6) is 0.424. The van der Waals surface area contributed by atoms with Crippen molar-refractivity contribution in [2.45, 2.75) is 23.8 Å². The highest BCUT2D eigenvalue weighted by Crippen LogP contribution is 2.31. The molecule has 3 aliphatic rings. The number of benzene rings is 1. The van der Waals surface area contributed by atoms with Crippen LogP contribution in [-0.2, 0) is 14.8 Å². The van der Waals surface area contributed by atoms with Gasteiger partial charge in [-0.2, -0.15) is 8.42 Å². The lowest BCUT2D eigenvalue weighted by Gasteiger charge is -2.37. The van der Waals surface area contributed by atoms with Crippen LogP contribution in [0.15, 0.2) is 56.4 Å². The number of amides is 2. The number of hydrogen-bond acceptors (Lipinski definition) is 6. The fourth-order valence-corrected chi connectivity index (χ4v) is 5.69. The Kier molecular flexibility index (Phi) is 4.81. The summed E-state index contributed by atoms with van der Waals surface area (Å²) < 4.78 is 34.1. The second-order valence-corrected chi connectivity index (χ2v) is 9.40. The molecule has 0 spiro atoms. The zero-order chi connectivity index (χ0) is 21.6. The molecule has 4 heterocycles. The van der Waals surface area contributed by atoms with Crippen molar-refractivity contribution in [2.24, 2.45) is 4.40 Å². The molecule has 0 N–H and O–H groups in total. The lowest BCUT2D eigenvalue weighted by Crippen LogP contribution is -2.55. The van der Waals surface area contributed by atoms with Gasteiger partial charge in [0.1, 0.15) is 10.9 Å². The fourth-order valence-electron chi connectivity index (χ4n) is 4.47. The molecule has 2 amide bonds. The number of carbonyl (C=O) groups is 2. The average molecular weight is 442 g/mol. The molecule has 0 aliphatic carbocycles. The lowest BCUT2D eigenvalue weighted by atomic mass is 10.1. The molecular formula is C21H22N4O5S. The van der Waals surface area contributed by atoms with Crippen LogP contribution in [0.3, 0.4) is 0 Å². The van der Waals surface area contributed by atoms with Gasteiger partial charge in [-0.05, 0) is 37.1 Å². The van der Waals surface area contributed by atoms with Crippen LogP contribution in [0.25, 0.3) is 0 Å². The fraction of sp³-hybridized carbons (Fsp3) is 0.381. The van der Waals surface area contributed by atoms with Crippen molar-refractivity contribution >= 4 is 27.7 Å². The van der Waals surface area contributed by atoms with Gasteiger partial charge in [0.15, 0.2) is 11.6 Å². The first-order valence-corrected chi connectivity index (χ1v) is 11.7. The maximum atomic E-state index is 13.3. The van der Waals surface area contributed by atoms with Gasteiger partial charge in [0.2, 0.25) is 5.91 Å². The lowest BCUT2D eigenvalue weighted by molar-refractivity contribution is -0.136. The molecule has 162 valence electrons. The number of sulfonamides is 1. The van der Waals surface area contributed by atoms with Gasteiger partial charge in [0, 0.05) is 38.3 Å². The molecule has 2 aromatic rings. The van der Waals surface area contributed by atoms with Crippen LogP contribution in [0.2, 0.25) is 0 Å². The minimum absolute atomic E-state index is 0.0490. The number of hydrogen-bond donors (Lipinski definition) is 0. The van der Waals surface area contributed by atoms with Crippen LogP contribution in [0.1, 0.15) is 29.0 Å². The largest absolute Gasteiger partial charge is 0.459 e. The van der Waals surface area contributed by atoms with E-state index in [-0.39, 0.29) is 16.7 Å². The summed E-state index contributed by atoms with van der Waals surface area (Å²) in [6.07, 6.45) is 2.89. The monoisotopic (exact) mass is 442 g/mol. The van der Waals surface area contributed by atoms with E-state index in [9.17, 15) is 18.0 Å². The molecule has 9 nitrogen and oxygen atoms in total. The molecule has 0 unspecified atom stereocenters. The number of rotatable bonds is 2. The van der Waals surface area contributed by atoms with E-state index in [1.807, 2.05) is 4.90 Å². The normalized spacial score (nSPS) is 22.4. The van der Waals surface area contributed by atoms with Crippen molar-refractivity contribution in [1.82, 2.24) is 14.7 Å². The predicted octanol–water partition coefficient (Wildman–Crippen LogP) is 1.18. The standard InChI is InChI=1S/C21H22N4O5S/c26-20(23-10-12-24(13-11-23)21(27)17-7-4-14-30-17)16-6-3-9-25(16)19-15-5-1-2-8-18(15)31(28,29)22-19/h1-2,4-5,7-8,14,16H,3,6,9-13H2/t16-/m1/s1. The van der Waals surface area contributed by atoms with E-state index in [0.717, 1.165) is 6.42 Å². The maximum Gasteiger partial charge on any atom is 0.289 e. The van der Waals surface area contributed by atoms with Gasteiger partial charge in [-0.1, -0.05) is 12.1 Å². The van der Waals surface area contributed by atoms with Gasteiger partial charge in [0.05, 0.1) is 6.26 Å². The Morgan fingerprint density at radius 3 is 2.45 bits per heavy atom. The molecule has 2 fully saturated rings. The van der Waals surface area contributed by atoms with Gasteiger partial charge in [-0.3, -0.25) is 9.59 Å². The minimum atomic E-state index is -3.74. The topological polar surface area (TPSA) is 104 Å². The number of fused-ring (bicyclic) bond motifs is 1. The Morgan fingerprint density at radius 2 is 1.71 bits per heavy atom. The van der Waals surface area contributed by atoms with E-state index < -0.39 is 16.1 Å². The molecule has 3 aliphatic heterocycles. The quantitative estimate of drug-likeness (QED) is 0.692. The number of carbonyl (C=O) groups excluding carboxylic acids is 2. The highest BCUT2D eigenvalue weighted by atomic mass is 32.2. The molecule has 1 aromatic heterocycles. The van der Waals surface area contributed by atoms with E-state index in [1.165, 1.54) is 6.26 Å². The molecular weight excluding hydrogens is 420 g/mol. The van der Waals surface area contributed by atoms with Crippen LogP contribution in [0, 0.1) is 0 Å². The highest BCUT2D eigenvalue weighted by molar-refractivity contribution is 7.90. The second-order valence-electron chi connectivity index (χ2n) is 7.83. The molecule has 2 saturated heterocycles. The second kappa shape index (κ2) is 7.52. The van der Waals surface area contributed by atoms with Crippen molar-refractivity contribution in [3.8, 4) is 0 Å². The number of furan rings is 1. The van der Waals surface area contributed by atoms with Crippen LogP contribution < -0.4 is 0 Å². The van der Waals surface area contributed by atoms with Crippen molar-refractivity contribution in [2.75, 3.05) is 32.7 Å². The van der Waals surface area contributed by atoms with Crippen molar-refractivity contribution in [1.29, 1.82) is 0 Å². The third-order valence-electron chi connectivity index (χ3n) is 6.03. The Labute approximate surface area is 180 Å². The van der Waals surface area contributed by atoms with Crippen LogP contribution in [0.4, 0.5) is 0 Å². The first-order chi connectivity index (χ1) is 15.0. The zero-order valence-corrected chi connectivity index (χ0v) is 17.6. The summed E-state index contributed by atoms with van der Waals surface area (Å²) in [4.78, 5) is 31.2. The molecule has 31 heavy (non-hydrogen) atoms. The third-order valence-corrected chi connectivity index (χ3v) is 7.36. The smallest absolute Gasteiger partial charge is 0.289 e.